The van der Waals surface area contributed by atoms with Crippen LogP contribution in [0.15, 0.2) is 56.8 Å². The SMILES string of the molecule is COc1ccc(-[n+]2[nH]oc(=O)c2SC(C)C(=O)Nc2ccc(Cl)cc2C(F)(F)F)cc1. The Morgan fingerprint density at radius 2 is 1.94 bits per heavy atom. The average molecular weight is 475 g/mol. The number of thioether (sulfide) groups is 1. The lowest BCUT2D eigenvalue weighted by Crippen LogP contribution is -2.37. The summed E-state index contributed by atoms with van der Waals surface area (Å²) in [5.74, 6) is -0.139. The summed E-state index contributed by atoms with van der Waals surface area (Å²) in [4.78, 5) is 24.7. The van der Waals surface area contributed by atoms with Gasteiger partial charge in [-0.3, -0.25) is 9.32 Å². The van der Waals surface area contributed by atoms with Crippen molar-refractivity contribution in [3.63, 3.8) is 0 Å². The van der Waals surface area contributed by atoms with Crippen LogP contribution in [0.4, 0.5) is 18.9 Å². The monoisotopic (exact) mass is 474 g/mol. The predicted octanol–water partition coefficient (Wildman–Crippen LogP) is 4.04. The Labute approximate surface area is 183 Å². The second-order valence-corrected chi connectivity index (χ2v) is 8.02. The molecule has 3 aromatic rings. The molecule has 1 heterocycles. The first kappa shape index (κ1) is 22.8. The third-order valence-electron chi connectivity index (χ3n) is 4.14. The lowest BCUT2D eigenvalue weighted by Gasteiger charge is -2.15. The molecule has 2 N–H and O–H groups in total. The molecule has 1 amide bonds. The number of carbonyl (C=O) groups is 1. The Morgan fingerprint density at radius 3 is 2.55 bits per heavy atom. The molecule has 0 spiro atoms. The maximum absolute atomic E-state index is 13.2. The number of hydrogen-bond donors (Lipinski definition) is 2. The van der Waals surface area contributed by atoms with E-state index < -0.39 is 34.2 Å². The lowest BCUT2D eigenvalue weighted by molar-refractivity contribution is -0.704. The molecule has 164 valence electrons. The zero-order chi connectivity index (χ0) is 22.8. The van der Waals surface area contributed by atoms with Gasteiger partial charge < -0.3 is 10.1 Å². The smallest absolute Gasteiger partial charge is 0.442 e. The Balaban J connectivity index is 1.81. The number of methoxy groups -OCH3 is 1. The Kier molecular flexibility index (Phi) is 6.65. The number of rotatable bonds is 6. The fourth-order valence-corrected chi connectivity index (χ4v) is 3.64. The van der Waals surface area contributed by atoms with E-state index in [-0.39, 0.29) is 10.0 Å². The normalized spacial score (nSPS) is 12.5. The van der Waals surface area contributed by atoms with Crippen LogP contribution in [0.1, 0.15) is 12.5 Å². The molecule has 12 heteroatoms. The molecule has 2 aromatic carbocycles. The molecule has 0 saturated heterocycles. The number of nitrogens with zero attached hydrogens (tertiary/aromatic N) is 1. The topological polar surface area (TPSA) is 88.2 Å². The number of ether oxygens (including phenoxy) is 1. The molecule has 1 atom stereocenters. The van der Waals surface area contributed by atoms with Crippen LogP contribution >= 0.6 is 23.4 Å². The Bertz CT molecular complexity index is 1150. The fourth-order valence-electron chi connectivity index (χ4n) is 2.58. The van der Waals surface area contributed by atoms with Gasteiger partial charge in [0.15, 0.2) is 0 Å². The minimum Gasteiger partial charge on any atom is -0.497 e. The summed E-state index contributed by atoms with van der Waals surface area (Å²) >= 11 is 6.48. The number of aromatic amines is 1. The summed E-state index contributed by atoms with van der Waals surface area (Å²) < 4.78 is 51.0. The Morgan fingerprint density at radius 1 is 1.26 bits per heavy atom. The van der Waals surface area contributed by atoms with Gasteiger partial charge in [0.1, 0.15) is 5.75 Å². The lowest BCUT2D eigenvalue weighted by atomic mass is 10.1. The van der Waals surface area contributed by atoms with Gasteiger partial charge in [-0.15, -0.1) is 0 Å². The zero-order valence-electron chi connectivity index (χ0n) is 16.1. The van der Waals surface area contributed by atoms with E-state index in [0.717, 1.165) is 23.9 Å². The number of nitrogens with one attached hydrogen (secondary N) is 2. The van der Waals surface area contributed by atoms with Crippen LogP contribution in [0, 0.1) is 0 Å². The zero-order valence-corrected chi connectivity index (χ0v) is 17.7. The van der Waals surface area contributed by atoms with E-state index in [1.165, 1.54) is 24.8 Å². The highest BCUT2D eigenvalue weighted by Gasteiger charge is 2.35. The molecule has 3 rings (SSSR count). The molecule has 0 radical (unpaired) electrons. The summed E-state index contributed by atoms with van der Waals surface area (Å²) in [6.07, 6.45) is -4.71. The Hall–Kier alpha value is -2.92. The van der Waals surface area contributed by atoms with E-state index in [0.29, 0.717) is 11.4 Å². The molecule has 7 nitrogen and oxygen atoms in total. The predicted molar refractivity (Wildman–Crippen MR) is 108 cm³/mol. The molecule has 0 aliphatic carbocycles. The summed E-state index contributed by atoms with van der Waals surface area (Å²) in [6, 6.07) is 9.68. The van der Waals surface area contributed by atoms with Crippen molar-refractivity contribution < 1.29 is 31.9 Å². The van der Waals surface area contributed by atoms with Crippen LogP contribution in [-0.2, 0) is 11.0 Å². The van der Waals surface area contributed by atoms with Gasteiger partial charge in [-0.2, -0.15) is 13.2 Å². The number of anilines is 1. The van der Waals surface area contributed by atoms with E-state index in [9.17, 15) is 22.8 Å². The molecule has 0 aliphatic heterocycles. The van der Waals surface area contributed by atoms with Gasteiger partial charge in [0.2, 0.25) is 11.6 Å². The second-order valence-electron chi connectivity index (χ2n) is 6.26. The molecule has 1 aromatic heterocycles. The number of hydrogen-bond acceptors (Lipinski definition) is 5. The van der Waals surface area contributed by atoms with Gasteiger partial charge in [-0.05, 0) is 59.0 Å². The van der Waals surface area contributed by atoms with Crippen molar-refractivity contribution in [1.29, 1.82) is 0 Å². The first-order valence-corrected chi connectivity index (χ1v) is 9.98. The molecule has 0 aliphatic rings. The average Bonchev–Trinajstić information content (AvgIpc) is 3.08. The molecular weight excluding hydrogens is 459 g/mol. The maximum Gasteiger partial charge on any atom is 0.442 e. The van der Waals surface area contributed by atoms with Crippen LogP contribution in [0.5, 0.6) is 5.75 Å². The maximum atomic E-state index is 13.2. The van der Waals surface area contributed by atoms with Gasteiger partial charge in [-0.25, -0.2) is 4.79 Å². The van der Waals surface area contributed by atoms with Crippen molar-refractivity contribution in [1.82, 2.24) is 5.27 Å². The van der Waals surface area contributed by atoms with Crippen molar-refractivity contribution >= 4 is 35.0 Å². The first-order chi connectivity index (χ1) is 14.6. The van der Waals surface area contributed by atoms with Crippen LogP contribution in [0.3, 0.4) is 0 Å². The number of amides is 1. The van der Waals surface area contributed by atoms with Crippen molar-refractivity contribution in [3.8, 4) is 11.4 Å². The summed E-state index contributed by atoms with van der Waals surface area (Å²) in [5.41, 5.74) is -1.71. The highest BCUT2D eigenvalue weighted by Crippen LogP contribution is 2.36. The molecule has 0 bridgehead atoms. The van der Waals surface area contributed by atoms with Crippen LogP contribution in [0.25, 0.3) is 5.69 Å². The summed E-state index contributed by atoms with van der Waals surface area (Å²) in [5, 5.41) is 3.67. The van der Waals surface area contributed by atoms with Crippen molar-refractivity contribution in [2.24, 2.45) is 0 Å². The number of alkyl halides is 3. The third kappa shape index (κ3) is 5.23. The number of H-pyrrole nitrogens is 1. The fraction of sp³-hybridized carbons (Fsp3) is 0.211. The van der Waals surface area contributed by atoms with Crippen molar-refractivity contribution in [2.45, 2.75) is 23.4 Å². The van der Waals surface area contributed by atoms with Gasteiger partial charge >= 0.3 is 16.8 Å². The van der Waals surface area contributed by atoms with E-state index in [4.69, 9.17) is 20.9 Å². The third-order valence-corrected chi connectivity index (χ3v) is 5.52. The second kappa shape index (κ2) is 9.06. The largest absolute Gasteiger partial charge is 0.497 e. The van der Waals surface area contributed by atoms with Crippen molar-refractivity contribution in [2.75, 3.05) is 12.4 Å². The van der Waals surface area contributed by atoms with Crippen molar-refractivity contribution in [3.05, 3.63) is 63.5 Å². The quantitative estimate of drug-likeness (QED) is 0.416. The summed E-state index contributed by atoms with van der Waals surface area (Å²) in [7, 11) is 1.51. The highest BCUT2D eigenvalue weighted by molar-refractivity contribution is 8.00. The van der Waals surface area contributed by atoms with Crippen LogP contribution in [0.2, 0.25) is 5.02 Å². The number of carbonyl (C=O) groups excluding carboxylic acids is 1. The minimum absolute atomic E-state index is 0.0416. The highest BCUT2D eigenvalue weighted by atomic mass is 35.5. The number of halogens is 4. The van der Waals surface area contributed by atoms with Crippen LogP contribution < -0.4 is 20.4 Å². The number of benzene rings is 2. The van der Waals surface area contributed by atoms with Gasteiger partial charge in [0.25, 0.3) is 0 Å². The minimum atomic E-state index is -4.71. The molecule has 31 heavy (non-hydrogen) atoms. The molecular formula is C19H16ClF3N3O4S+. The van der Waals surface area contributed by atoms with E-state index in [2.05, 4.69) is 10.6 Å². The van der Waals surface area contributed by atoms with Gasteiger partial charge in [0, 0.05) is 17.2 Å². The van der Waals surface area contributed by atoms with Gasteiger partial charge in [-0.1, -0.05) is 11.6 Å². The molecule has 0 fully saturated rings. The van der Waals surface area contributed by atoms with Gasteiger partial charge in [0.05, 0.1) is 23.6 Å². The molecule has 1 unspecified atom stereocenters. The van der Waals surface area contributed by atoms with E-state index >= 15 is 0 Å². The standard InChI is InChI=1S/C19H15ClF3N3O4S/c1-10(16(27)24-15-8-3-11(20)9-14(15)19(21,22)23)31-17-18(28)30-25-26(17)12-4-6-13(29-2)7-5-12/h3-10H,1-2H3,(H-,24,25,27,28)/p+1. The number of aromatic nitrogens is 2. The van der Waals surface area contributed by atoms with E-state index in [1.54, 1.807) is 24.3 Å². The summed E-state index contributed by atoms with van der Waals surface area (Å²) in [6.45, 7) is 1.45. The van der Waals surface area contributed by atoms with E-state index in [1.807, 2.05) is 0 Å². The van der Waals surface area contributed by atoms with Crippen LogP contribution in [-0.4, -0.2) is 23.5 Å². The first-order valence-electron chi connectivity index (χ1n) is 8.72. The molecule has 0 saturated carbocycles.